The van der Waals surface area contributed by atoms with Gasteiger partial charge in [-0.25, -0.2) is 0 Å². The molecule has 0 saturated heterocycles. The molecule has 124 valence electrons. The van der Waals surface area contributed by atoms with Gasteiger partial charge in [-0.2, -0.15) is 0 Å². The molecule has 2 aromatic rings. The summed E-state index contributed by atoms with van der Waals surface area (Å²) in [6.07, 6.45) is 5.52. The summed E-state index contributed by atoms with van der Waals surface area (Å²) in [5.74, 6) is 0.527. The Hall–Kier alpha value is -2.65. The van der Waals surface area contributed by atoms with E-state index in [2.05, 4.69) is 20.7 Å². The van der Waals surface area contributed by atoms with Gasteiger partial charge in [0.15, 0.2) is 5.78 Å². The fourth-order valence-electron chi connectivity index (χ4n) is 2.38. The second-order valence-corrected chi connectivity index (χ2v) is 6.27. The number of para-hydroxylation sites is 1. The summed E-state index contributed by atoms with van der Waals surface area (Å²) in [5.41, 5.74) is 1.22. The molecule has 0 spiro atoms. The van der Waals surface area contributed by atoms with Gasteiger partial charge in [0, 0.05) is 11.6 Å². The number of carbonyl (C=O) groups is 1. The number of hydrogen-bond acceptors (Lipinski definition) is 2. The fraction of sp³-hybridized carbons (Fsp3) is 0.190. The minimum atomic E-state index is -0.0395. The van der Waals surface area contributed by atoms with Gasteiger partial charge in [-0.3, -0.25) is 4.79 Å². The quantitative estimate of drug-likeness (QED) is 0.317. The van der Waals surface area contributed by atoms with Crippen LogP contribution in [0, 0.1) is 0 Å². The molecule has 0 N–H and O–H groups in total. The van der Waals surface area contributed by atoms with Crippen molar-refractivity contribution in [2.24, 2.45) is 0 Å². The third-order valence-electron chi connectivity index (χ3n) is 3.68. The zero-order chi connectivity index (χ0) is 17.4. The van der Waals surface area contributed by atoms with Crippen LogP contribution in [0.15, 0.2) is 79.6 Å². The molecule has 2 rings (SSSR count). The Morgan fingerprint density at radius 1 is 1.04 bits per heavy atom. The van der Waals surface area contributed by atoms with E-state index in [9.17, 15) is 4.79 Å². The van der Waals surface area contributed by atoms with Crippen molar-refractivity contribution in [2.75, 3.05) is 27.2 Å². The third-order valence-corrected chi connectivity index (χ3v) is 3.68. The van der Waals surface area contributed by atoms with Gasteiger partial charge in [-0.05, 0) is 18.2 Å². The van der Waals surface area contributed by atoms with Crippen LogP contribution in [0.1, 0.15) is 15.9 Å². The van der Waals surface area contributed by atoms with Gasteiger partial charge in [-0.1, -0.05) is 49.0 Å². The van der Waals surface area contributed by atoms with Crippen LogP contribution >= 0.6 is 0 Å². The van der Waals surface area contributed by atoms with E-state index in [1.807, 2.05) is 60.7 Å². The standard InChI is InChI=1S/C21H24NO2/c1-4-15-22(2,3)16-10-17-24-20-14-9-8-13-19(20)21(23)18-11-6-5-7-12-18/h4-14,17H,1,15-16H2,2-3H3/q+1. The van der Waals surface area contributed by atoms with Gasteiger partial charge in [0.2, 0.25) is 0 Å². The Bertz CT molecular complexity index is 718. The zero-order valence-electron chi connectivity index (χ0n) is 14.3. The highest BCUT2D eigenvalue weighted by molar-refractivity contribution is 6.10. The van der Waals surface area contributed by atoms with Crippen LogP contribution in [0.2, 0.25) is 0 Å². The van der Waals surface area contributed by atoms with E-state index in [-0.39, 0.29) is 5.78 Å². The molecule has 2 aromatic carbocycles. The highest BCUT2D eigenvalue weighted by Crippen LogP contribution is 2.21. The van der Waals surface area contributed by atoms with Crippen molar-refractivity contribution in [3.05, 3.63) is 90.7 Å². The molecule has 0 bridgehead atoms. The normalized spacial score (nSPS) is 11.4. The molecule has 3 heteroatoms. The molecule has 0 unspecified atom stereocenters. The van der Waals surface area contributed by atoms with Crippen molar-refractivity contribution in [1.29, 1.82) is 0 Å². The molecular weight excluding hydrogens is 298 g/mol. The molecule has 0 atom stereocenters. The Kier molecular flexibility index (Phi) is 6.10. The van der Waals surface area contributed by atoms with E-state index in [1.165, 1.54) is 0 Å². The van der Waals surface area contributed by atoms with Gasteiger partial charge in [0.25, 0.3) is 0 Å². The van der Waals surface area contributed by atoms with Crippen molar-refractivity contribution < 1.29 is 14.0 Å². The summed E-state index contributed by atoms with van der Waals surface area (Å²) >= 11 is 0. The first-order chi connectivity index (χ1) is 11.5. The molecule has 0 aliphatic heterocycles. The third kappa shape index (κ3) is 4.93. The van der Waals surface area contributed by atoms with Gasteiger partial charge < -0.3 is 9.22 Å². The summed E-state index contributed by atoms with van der Waals surface area (Å²) in [6.45, 7) is 5.48. The average Bonchev–Trinajstić information content (AvgIpc) is 2.59. The number of rotatable bonds is 8. The van der Waals surface area contributed by atoms with Crippen molar-refractivity contribution in [2.45, 2.75) is 0 Å². The van der Waals surface area contributed by atoms with Gasteiger partial charge >= 0.3 is 0 Å². The molecule has 0 aromatic heterocycles. The van der Waals surface area contributed by atoms with Crippen molar-refractivity contribution in [3.63, 3.8) is 0 Å². The van der Waals surface area contributed by atoms with Crippen LogP contribution in [0.4, 0.5) is 0 Å². The molecule has 24 heavy (non-hydrogen) atoms. The SMILES string of the molecule is C=CC[N+](C)(C)CC=COc1ccccc1C(=O)c1ccccc1. The summed E-state index contributed by atoms with van der Waals surface area (Å²) < 4.78 is 6.52. The van der Waals surface area contributed by atoms with E-state index in [0.717, 1.165) is 17.6 Å². The maximum absolute atomic E-state index is 12.6. The largest absolute Gasteiger partial charge is 0.464 e. The number of hydrogen-bond donors (Lipinski definition) is 0. The lowest BCUT2D eigenvalue weighted by atomic mass is 10.0. The highest BCUT2D eigenvalue weighted by atomic mass is 16.5. The van der Waals surface area contributed by atoms with Gasteiger partial charge in [0.05, 0.1) is 32.5 Å². The first kappa shape index (κ1) is 17.7. The first-order valence-electron chi connectivity index (χ1n) is 7.97. The molecule has 0 amide bonds. The molecule has 0 radical (unpaired) electrons. The summed E-state index contributed by atoms with van der Waals surface area (Å²) in [5, 5.41) is 0. The van der Waals surface area contributed by atoms with E-state index in [4.69, 9.17) is 4.74 Å². The molecule has 0 heterocycles. The van der Waals surface area contributed by atoms with Crippen molar-refractivity contribution >= 4 is 5.78 Å². The summed E-state index contributed by atoms with van der Waals surface area (Å²) in [7, 11) is 4.25. The van der Waals surface area contributed by atoms with Crippen LogP contribution in [0.25, 0.3) is 0 Å². The average molecular weight is 322 g/mol. The lowest BCUT2D eigenvalue weighted by Gasteiger charge is -2.26. The number of carbonyl (C=O) groups excluding carboxylic acids is 1. The number of likely N-dealkylation sites (N-methyl/N-ethyl adjacent to an activating group) is 1. The van der Waals surface area contributed by atoms with Crippen LogP contribution in [-0.4, -0.2) is 37.5 Å². The van der Waals surface area contributed by atoms with Crippen LogP contribution < -0.4 is 4.74 Å². The number of benzene rings is 2. The van der Waals surface area contributed by atoms with E-state index >= 15 is 0 Å². The molecule has 0 fully saturated rings. The highest BCUT2D eigenvalue weighted by Gasteiger charge is 2.14. The molecule has 3 nitrogen and oxygen atoms in total. The van der Waals surface area contributed by atoms with Crippen LogP contribution in [0.5, 0.6) is 5.75 Å². The minimum absolute atomic E-state index is 0.0395. The second kappa shape index (κ2) is 8.27. The van der Waals surface area contributed by atoms with Crippen molar-refractivity contribution in [1.82, 2.24) is 0 Å². The van der Waals surface area contributed by atoms with Gasteiger partial charge in [0.1, 0.15) is 12.3 Å². The number of ketones is 1. The summed E-state index contributed by atoms with van der Waals surface area (Å²) in [4.78, 5) is 12.6. The fourth-order valence-corrected chi connectivity index (χ4v) is 2.38. The minimum Gasteiger partial charge on any atom is -0.464 e. The molecule has 0 saturated carbocycles. The lowest BCUT2D eigenvalue weighted by molar-refractivity contribution is -0.878. The van der Waals surface area contributed by atoms with Gasteiger partial charge in [-0.15, -0.1) is 0 Å². The Labute approximate surface area is 144 Å². The molecular formula is C21H24NO2+. The topological polar surface area (TPSA) is 26.3 Å². The van der Waals surface area contributed by atoms with Crippen LogP contribution in [-0.2, 0) is 0 Å². The Morgan fingerprint density at radius 3 is 2.42 bits per heavy atom. The van der Waals surface area contributed by atoms with E-state index in [1.54, 1.807) is 12.3 Å². The molecule has 0 aliphatic carbocycles. The maximum Gasteiger partial charge on any atom is 0.196 e. The lowest BCUT2D eigenvalue weighted by Crippen LogP contribution is -2.39. The zero-order valence-corrected chi connectivity index (χ0v) is 14.3. The molecule has 0 aliphatic rings. The predicted octanol–water partition coefficient (Wildman–Crippen LogP) is 4.07. The first-order valence-corrected chi connectivity index (χ1v) is 7.97. The van der Waals surface area contributed by atoms with Crippen molar-refractivity contribution in [3.8, 4) is 5.75 Å². The summed E-state index contributed by atoms with van der Waals surface area (Å²) in [6, 6.07) is 16.5. The van der Waals surface area contributed by atoms with E-state index < -0.39 is 0 Å². The number of quaternary nitrogens is 1. The smallest absolute Gasteiger partial charge is 0.196 e. The second-order valence-electron chi connectivity index (χ2n) is 6.27. The number of nitrogens with zero attached hydrogens (tertiary/aromatic N) is 1. The maximum atomic E-state index is 12.6. The Balaban J connectivity index is 2.09. The number of ether oxygens (including phenoxy) is 1. The monoisotopic (exact) mass is 322 g/mol. The Morgan fingerprint density at radius 2 is 1.71 bits per heavy atom. The predicted molar refractivity (Wildman–Crippen MR) is 98.1 cm³/mol. The van der Waals surface area contributed by atoms with E-state index in [0.29, 0.717) is 16.9 Å². The van der Waals surface area contributed by atoms with Crippen LogP contribution in [0.3, 0.4) is 0 Å².